The second kappa shape index (κ2) is 6.36. The molecule has 0 atom stereocenters. The summed E-state index contributed by atoms with van der Waals surface area (Å²) in [5.41, 5.74) is 3.09. The Morgan fingerprint density at radius 3 is 2.30 bits per heavy atom. The highest BCUT2D eigenvalue weighted by molar-refractivity contribution is 7.71. The van der Waals surface area contributed by atoms with Crippen molar-refractivity contribution in [2.45, 2.75) is 38.6 Å². The van der Waals surface area contributed by atoms with Crippen molar-refractivity contribution in [3.05, 3.63) is 28.5 Å². The molecule has 0 spiro atoms. The summed E-state index contributed by atoms with van der Waals surface area (Å²) in [6.45, 7) is 8.62. The molecule has 0 saturated heterocycles. The van der Waals surface area contributed by atoms with Gasteiger partial charge in [0.1, 0.15) is 6.29 Å². The van der Waals surface area contributed by atoms with Crippen LogP contribution >= 0.6 is 12.2 Å². The lowest BCUT2D eigenvalue weighted by atomic mass is 9.84. The molecule has 0 aliphatic heterocycles. The summed E-state index contributed by atoms with van der Waals surface area (Å²) >= 11 is 5.14. The molecule has 0 unspecified atom stereocenters. The summed E-state index contributed by atoms with van der Waals surface area (Å²) in [6.07, 6.45) is -0.143. The summed E-state index contributed by atoms with van der Waals surface area (Å²) < 4.78 is 12.5. The van der Waals surface area contributed by atoms with Gasteiger partial charge in [0.2, 0.25) is 0 Å². The van der Waals surface area contributed by atoms with E-state index >= 15 is 0 Å². The topological polar surface area (TPSA) is 50.0 Å². The quantitative estimate of drug-likeness (QED) is 0.486. The molecule has 0 saturated carbocycles. The Morgan fingerprint density at radius 2 is 1.70 bits per heavy atom. The standard InChI is InChI=1S/C13H22N2O2SSi2/c1-13(2,11(16-19-3)17-20-4)8-5-6-9-10(7-8)15-12(18)14-9/h5-7,11H,19-20H2,1-4H3,(H2,14,15,18). The minimum absolute atomic E-state index is 0.143. The maximum absolute atomic E-state index is 5.93. The first kappa shape index (κ1) is 15.6. The molecule has 4 nitrogen and oxygen atoms in total. The molecule has 0 radical (unpaired) electrons. The third-order valence-electron chi connectivity index (χ3n) is 3.49. The predicted molar refractivity (Wildman–Crippen MR) is 91.3 cm³/mol. The van der Waals surface area contributed by atoms with E-state index in [2.05, 4.69) is 55.1 Å². The number of aromatic nitrogens is 2. The lowest BCUT2D eigenvalue weighted by molar-refractivity contribution is -0.0432. The minimum Gasteiger partial charge on any atom is -0.400 e. The van der Waals surface area contributed by atoms with E-state index in [1.165, 1.54) is 5.56 Å². The fourth-order valence-electron chi connectivity index (χ4n) is 2.34. The van der Waals surface area contributed by atoms with E-state index < -0.39 is 19.5 Å². The highest BCUT2D eigenvalue weighted by Crippen LogP contribution is 2.31. The lowest BCUT2D eigenvalue weighted by Gasteiger charge is -2.35. The van der Waals surface area contributed by atoms with Crippen LogP contribution in [-0.2, 0) is 14.3 Å². The second-order valence-corrected chi connectivity index (χ2v) is 7.53. The molecule has 1 heterocycles. The first-order chi connectivity index (χ1) is 9.48. The van der Waals surface area contributed by atoms with E-state index in [-0.39, 0.29) is 11.7 Å². The minimum atomic E-state index is -0.509. The van der Waals surface area contributed by atoms with Gasteiger partial charge in [-0.25, -0.2) is 0 Å². The molecule has 2 N–H and O–H groups in total. The van der Waals surface area contributed by atoms with E-state index in [0.29, 0.717) is 4.77 Å². The van der Waals surface area contributed by atoms with Gasteiger partial charge in [-0.1, -0.05) is 33.0 Å². The molecule has 2 rings (SSSR count). The van der Waals surface area contributed by atoms with Crippen LogP contribution in [0.1, 0.15) is 19.4 Å². The van der Waals surface area contributed by atoms with Crippen LogP contribution in [0.3, 0.4) is 0 Å². The number of benzene rings is 1. The van der Waals surface area contributed by atoms with Crippen molar-refractivity contribution in [2.75, 3.05) is 0 Å². The van der Waals surface area contributed by atoms with Crippen molar-refractivity contribution in [2.24, 2.45) is 0 Å². The molecule has 1 aromatic heterocycles. The summed E-state index contributed by atoms with van der Waals surface area (Å²) in [5, 5.41) is 0. The van der Waals surface area contributed by atoms with Crippen molar-refractivity contribution >= 4 is 42.8 Å². The van der Waals surface area contributed by atoms with Crippen molar-refractivity contribution in [1.82, 2.24) is 9.97 Å². The number of fused-ring (bicyclic) bond motifs is 1. The van der Waals surface area contributed by atoms with E-state index in [0.717, 1.165) is 11.0 Å². The lowest BCUT2D eigenvalue weighted by Crippen LogP contribution is -2.39. The molecule has 0 amide bonds. The van der Waals surface area contributed by atoms with Crippen LogP contribution in [0.5, 0.6) is 0 Å². The molecule has 0 bridgehead atoms. The first-order valence-electron chi connectivity index (χ1n) is 6.94. The summed E-state index contributed by atoms with van der Waals surface area (Å²) in [6, 6.07) is 6.31. The van der Waals surface area contributed by atoms with Crippen molar-refractivity contribution in [3.8, 4) is 0 Å². The Kier molecular flexibility index (Phi) is 4.97. The fourth-order valence-corrected chi connectivity index (χ4v) is 4.38. The van der Waals surface area contributed by atoms with Crippen LogP contribution in [0.15, 0.2) is 18.2 Å². The van der Waals surface area contributed by atoms with Gasteiger partial charge in [-0.3, -0.25) is 0 Å². The van der Waals surface area contributed by atoms with E-state index in [1.54, 1.807) is 0 Å². The zero-order valence-electron chi connectivity index (χ0n) is 12.4. The number of nitrogens with one attached hydrogen (secondary N) is 2. The number of aromatic amines is 2. The monoisotopic (exact) mass is 326 g/mol. The van der Waals surface area contributed by atoms with Gasteiger partial charge in [0.05, 0.1) is 11.0 Å². The normalized spacial score (nSPS) is 15.0. The Bertz CT molecular complexity index is 633. The Balaban J connectivity index is 2.40. The number of H-pyrrole nitrogens is 2. The molecule has 7 heteroatoms. The van der Waals surface area contributed by atoms with Gasteiger partial charge in [-0.2, -0.15) is 0 Å². The van der Waals surface area contributed by atoms with E-state index in [1.807, 2.05) is 0 Å². The van der Waals surface area contributed by atoms with Crippen molar-refractivity contribution in [1.29, 1.82) is 0 Å². The zero-order chi connectivity index (χ0) is 14.8. The zero-order valence-corrected chi connectivity index (χ0v) is 16.1. The Labute approximate surface area is 129 Å². The summed E-state index contributed by atoms with van der Waals surface area (Å²) in [4.78, 5) is 6.30. The molecular weight excluding hydrogens is 304 g/mol. The van der Waals surface area contributed by atoms with Gasteiger partial charge in [0.15, 0.2) is 24.3 Å². The average Bonchev–Trinajstić information content (AvgIpc) is 2.77. The highest BCUT2D eigenvalue weighted by Gasteiger charge is 2.32. The van der Waals surface area contributed by atoms with Crippen LogP contribution < -0.4 is 0 Å². The van der Waals surface area contributed by atoms with Gasteiger partial charge in [-0.15, -0.1) is 0 Å². The number of hydrogen-bond acceptors (Lipinski definition) is 3. The predicted octanol–water partition coefficient (Wildman–Crippen LogP) is 2.13. The van der Waals surface area contributed by atoms with Crippen molar-refractivity contribution in [3.63, 3.8) is 0 Å². The SMILES string of the molecule is C[SiH2]OC(O[SiH2]C)C(C)(C)c1ccc2[nH]c(=S)[nH]c2c1. The number of imidazole rings is 1. The van der Waals surface area contributed by atoms with Gasteiger partial charge in [0.25, 0.3) is 0 Å². The summed E-state index contributed by atoms with van der Waals surface area (Å²) in [5.74, 6) is 0. The molecule has 2 aromatic rings. The molecule has 0 aliphatic carbocycles. The largest absolute Gasteiger partial charge is 0.400 e. The third kappa shape index (κ3) is 3.12. The van der Waals surface area contributed by atoms with Crippen LogP contribution in [0, 0.1) is 4.77 Å². The van der Waals surface area contributed by atoms with Crippen LogP contribution in [-0.4, -0.2) is 35.8 Å². The molecule has 20 heavy (non-hydrogen) atoms. The van der Waals surface area contributed by atoms with Gasteiger partial charge in [-0.05, 0) is 29.9 Å². The third-order valence-corrected chi connectivity index (χ3v) is 4.96. The maximum Gasteiger partial charge on any atom is 0.175 e. The fraction of sp³-hybridized carbons (Fsp3) is 0.462. The molecule has 0 aliphatic rings. The number of rotatable bonds is 6. The van der Waals surface area contributed by atoms with Gasteiger partial charge in [0, 0.05) is 5.41 Å². The maximum atomic E-state index is 5.93. The molecule has 0 fully saturated rings. The Hall–Kier alpha value is -0.736. The van der Waals surface area contributed by atoms with Crippen LogP contribution in [0.4, 0.5) is 0 Å². The van der Waals surface area contributed by atoms with Gasteiger partial charge < -0.3 is 18.8 Å². The summed E-state index contributed by atoms with van der Waals surface area (Å²) in [7, 11) is -1.02. The molecule has 110 valence electrons. The Morgan fingerprint density at radius 1 is 1.10 bits per heavy atom. The van der Waals surface area contributed by atoms with Gasteiger partial charge >= 0.3 is 0 Å². The van der Waals surface area contributed by atoms with E-state index in [9.17, 15) is 0 Å². The smallest absolute Gasteiger partial charge is 0.175 e. The van der Waals surface area contributed by atoms with Crippen molar-refractivity contribution < 1.29 is 8.85 Å². The molecule has 1 aromatic carbocycles. The molecular formula is C13H22N2O2SSi2. The van der Waals surface area contributed by atoms with E-state index in [4.69, 9.17) is 21.1 Å². The second-order valence-electron chi connectivity index (χ2n) is 5.30. The first-order valence-corrected chi connectivity index (χ1v) is 11.3. The highest BCUT2D eigenvalue weighted by atomic mass is 32.1. The van der Waals surface area contributed by atoms with Crippen LogP contribution in [0.2, 0.25) is 13.1 Å². The number of hydrogen-bond donors (Lipinski definition) is 2. The van der Waals surface area contributed by atoms with Crippen LogP contribution in [0.25, 0.3) is 11.0 Å². The average molecular weight is 327 g/mol.